The first-order valence-electron chi connectivity index (χ1n) is 12.4. The van der Waals surface area contributed by atoms with Crippen LogP contribution in [0.3, 0.4) is 0 Å². The number of nitrogens with zero attached hydrogens (tertiary/aromatic N) is 3. The summed E-state index contributed by atoms with van der Waals surface area (Å²) in [4.78, 5) is 29.5. The number of amides is 2. The largest absolute Gasteiger partial charge is 0.369 e. The Kier molecular flexibility index (Phi) is 7.44. The lowest BCUT2D eigenvalue weighted by Gasteiger charge is -2.44. The van der Waals surface area contributed by atoms with E-state index in [1.165, 1.54) is 6.07 Å². The minimum absolute atomic E-state index is 0.0268. The van der Waals surface area contributed by atoms with E-state index in [0.717, 1.165) is 25.0 Å². The summed E-state index contributed by atoms with van der Waals surface area (Å²) in [5, 5.41) is 2.19. The molecular weight excluding hydrogens is 556 g/mol. The molecule has 2 aromatic rings. The first-order chi connectivity index (χ1) is 17.7. The van der Waals surface area contributed by atoms with Crippen molar-refractivity contribution < 1.29 is 27.2 Å². The van der Waals surface area contributed by atoms with Gasteiger partial charge >= 0.3 is 0 Å². The van der Waals surface area contributed by atoms with E-state index in [1.54, 1.807) is 6.07 Å². The average molecular weight is 583 g/mol. The van der Waals surface area contributed by atoms with Gasteiger partial charge in [0.25, 0.3) is 0 Å². The zero-order valence-corrected chi connectivity index (χ0v) is 21.7. The number of hydrogen-bond acceptors (Lipinski definition) is 5. The topological polar surface area (TPSA) is 55.9 Å². The van der Waals surface area contributed by atoms with Crippen molar-refractivity contribution in [1.82, 2.24) is 10.2 Å². The van der Waals surface area contributed by atoms with Crippen molar-refractivity contribution in [2.24, 2.45) is 0 Å². The van der Waals surface area contributed by atoms with Gasteiger partial charge in [-0.05, 0) is 53.4 Å². The Balaban J connectivity index is 1.18. The van der Waals surface area contributed by atoms with E-state index in [9.17, 15) is 22.8 Å². The van der Waals surface area contributed by atoms with Gasteiger partial charge in [-0.1, -0.05) is 0 Å². The quantitative estimate of drug-likeness (QED) is 0.331. The standard InChI is InChI=1S/C26H27BrF4N4O2/c27-18-2-3-21(25(31)24(18)30)35-11-9-33(10-12-35)15-5-7-34(8-6-15)22-14-19(28)17(13-20(22)29)16-1-4-23(36)32-26(16)37/h2-3,13-16H,1,4-12H2,(H,32,36,37). The second kappa shape index (κ2) is 10.6. The van der Waals surface area contributed by atoms with Gasteiger partial charge in [0, 0.05) is 63.4 Å². The van der Waals surface area contributed by atoms with Gasteiger partial charge in [-0.2, -0.15) is 0 Å². The highest BCUT2D eigenvalue weighted by Gasteiger charge is 2.33. The summed E-state index contributed by atoms with van der Waals surface area (Å²) >= 11 is 3.00. The van der Waals surface area contributed by atoms with Crippen LogP contribution in [0, 0.1) is 23.3 Å². The molecule has 11 heteroatoms. The number of piperazine rings is 1. The van der Waals surface area contributed by atoms with Crippen LogP contribution >= 0.6 is 15.9 Å². The zero-order chi connectivity index (χ0) is 26.3. The zero-order valence-electron chi connectivity index (χ0n) is 20.1. The van der Waals surface area contributed by atoms with E-state index in [4.69, 9.17) is 0 Å². The monoisotopic (exact) mass is 582 g/mol. The number of nitrogens with one attached hydrogen (secondary N) is 1. The van der Waals surface area contributed by atoms with Crippen LogP contribution in [0.15, 0.2) is 28.7 Å². The number of benzene rings is 2. The highest BCUT2D eigenvalue weighted by atomic mass is 79.9. The predicted molar refractivity (Wildman–Crippen MR) is 135 cm³/mol. The summed E-state index contributed by atoms with van der Waals surface area (Å²) in [7, 11) is 0. The first-order valence-corrected chi connectivity index (χ1v) is 13.2. The average Bonchev–Trinajstić information content (AvgIpc) is 2.89. The Morgan fingerprint density at radius 3 is 2.14 bits per heavy atom. The SMILES string of the molecule is O=C1CCC(c2cc(F)c(N3CCC(N4CCN(c5ccc(Br)c(F)c5F)CC4)CC3)cc2F)C(=O)N1. The van der Waals surface area contributed by atoms with Crippen molar-refractivity contribution >= 4 is 39.1 Å². The molecule has 0 spiro atoms. The minimum Gasteiger partial charge on any atom is -0.369 e. The molecule has 3 aliphatic rings. The summed E-state index contributed by atoms with van der Waals surface area (Å²) in [6.07, 6.45) is 1.77. The number of carbonyl (C=O) groups excluding carboxylic acids is 2. The molecule has 3 fully saturated rings. The van der Waals surface area contributed by atoms with Gasteiger partial charge in [-0.15, -0.1) is 0 Å². The molecule has 5 rings (SSSR count). The number of piperidine rings is 2. The Labute approximate surface area is 220 Å². The van der Waals surface area contributed by atoms with Gasteiger partial charge in [0.1, 0.15) is 11.6 Å². The van der Waals surface area contributed by atoms with Gasteiger partial charge in [-0.3, -0.25) is 19.8 Å². The van der Waals surface area contributed by atoms with Gasteiger partial charge < -0.3 is 9.80 Å². The fourth-order valence-corrected chi connectivity index (χ4v) is 5.92. The van der Waals surface area contributed by atoms with Gasteiger partial charge in [0.2, 0.25) is 11.8 Å². The van der Waals surface area contributed by atoms with Crippen LogP contribution in [0.25, 0.3) is 0 Å². The number of anilines is 2. The summed E-state index contributed by atoms with van der Waals surface area (Å²) in [6.45, 7) is 3.63. The number of carbonyl (C=O) groups is 2. The van der Waals surface area contributed by atoms with E-state index in [-0.39, 0.29) is 40.3 Å². The van der Waals surface area contributed by atoms with Gasteiger partial charge in [0.15, 0.2) is 11.6 Å². The van der Waals surface area contributed by atoms with Crippen molar-refractivity contribution in [3.8, 4) is 0 Å². The molecular formula is C26H27BrF4N4O2. The molecule has 2 amide bonds. The molecule has 1 N–H and O–H groups in total. The van der Waals surface area contributed by atoms with Crippen LogP contribution in [0.2, 0.25) is 0 Å². The highest BCUT2D eigenvalue weighted by Crippen LogP contribution is 2.34. The number of hydrogen-bond donors (Lipinski definition) is 1. The fraction of sp³-hybridized carbons (Fsp3) is 0.462. The van der Waals surface area contributed by atoms with Crippen LogP contribution < -0.4 is 15.1 Å². The van der Waals surface area contributed by atoms with Crippen LogP contribution in [0.4, 0.5) is 28.9 Å². The molecule has 0 saturated carbocycles. The van der Waals surface area contributed by atoms with E-state index in [1.807, 2.05) is 9.80 Å². The maximum Gasteiger partial charge on any atom is 0.234 e. The maximum atomic E-state index is 15.0. The first kappa shape index (κ1) is 26.0. The van der Waals surface area contributed by atoms with E-state index in [2.05, 4.69) is 26.1 Å². The van der Waals surface area contributed by atoms with Crippen LogP contribution in [0.5, 0.6) is 0 Å². The van der Waals surface area contributed by atoms with Crippen molar-refractivity contribution in [2.45, 2.75) is 37.6 Å². The molecule has 3 aliphatic heterocycles. The lowest BCUT2D eigenvalue weighted by molar-refractivity contribution is -0.134. The second-order valence-corrected chi connectivity index (χ2v) is 10.6. The van der Waals surface area contributed by atoms with Gasteiger partial charge in [-0.25, -0.2) is 17.6 Å². The Morgan fingerprint density at radius 1 is 0.784 bits per heavy atom. The molecule has 0 radical (unpaired) electrons. The molecule has 3 saturated heterocycles. The highest BCUT2D eigenvalue weighted by molar-refractivity contribution is 9.10. The predicted octanol–water partition coefficient (Wildman–Crippen LogP) is 4.32. The van der Waals surface area contributed by atoms with Crippen molar-refractivity contribution in [2.75, 3.05) is 49.1 Å². The molecule has 0 aliphatic carbocycles. The molecule has 3 heterocycles. The van der Waals surface area contributed by atoms with Crippen molar-refractivity contribution in [3.05, 3.63) is 57.6 Å². The maximum absolute atomic E-state index is 15.0. The lowest BCUT2D eigenvalue weighted by atomic mass is 9.89. The van der Waals surface area contributed by atoms with Crippen molar-refractivity contribution in [1.29, 1.82) is 0 Å². The third kappa shape index (κ3) is 5.20. The summed E-state index contributed by atoms with van der Waals surface area (Å²) in [6, 6.07) is 5.59. The smallest absolute Gasteiger partial charge is 0.234 e. The molecule has 1 atom stereocenters. The third-order valence-electron chi connectivity index (χ3n) is 7.67. The van der Waals surface area contributed by atoms with Crippen LogP contribution in [0.1, 0.15) is 37.2 Å². The Hall–Kier alpha value is -2.66. The number of halogens is 5. The van der Waals surface area contributed by atoms with Crippen molar-refractivity contribution in [3.63, 3.8) is 0 Å². The van der Waals surface area contributed by atoms with Crippen LogP contribution in [-0.2, 0) is 9.59 Å². The molecule has 37 heavy (non-hydrogen) atoms. The number of rotatable bonds is 4. The molecule has 198 valence electrons. The summed E-state index contributed by atoms with van der Waals surface area (Å²) in [5.41, 5.74) is 0.402. The van der Waals surface area contributed by atoms with E-state index >= 15 is 4.39 Å². The molecule has 0 aromatic heterocycles. The third-order valence-corrected chi connectivity index (χ3v) is 8.28. The van der Waals surface area contributed by atoms with Gasteiger partial charge in [0.05, 0.1) is 21.8 Å². The van der Waals surface area contributed by atoms with E-state index in [0.29, 0.717) is 39.3 Å². The lowest BCUT2D eigenvalue weighted by Crippen LogP contribution is -2.53. The number of imide groups is 1. The molecule has 0 bridgehead atoms. The Bertz CT molecular complexity index is 1210. The second-order valence-electron chi connectivity index (χ2n) is 9.76. The summed E-state index contributed by atoms with van der Waals surface area (Å²) in [5.74, 6) is -4.87. The van der Waals surface area contributed by atoms with Crippen LogP contribution in [-0.4, -0.2) is 62.0 Å². The Morgan fingerprint density at radius 2 is 1.46 bits per heavy atom. The van der Waals surface area contributed by atoms with E-state index < -0.39 is 41.0 Å². The normalized spacial score (nSPS) is 21.9. The molecule has 6 nitrogen and oxygen atoms in total. The minimum atomic E-state index is -0.888. The molecule has 2 aromatic carbocycles. The summed E-state index contributed by atoms with van der Waals surface area (Å²) < 4.78 is 58.4. The molecule has 1 unspecified atom stereocenters. The fourth-order valence-electron chi connectivity index (χ4n) is 5.61.